The molecule has 0 spiro atoms. The molecule has 0 saturated carbocycles. The maximum atomic E-state index is 5.32. The van der Waals surface area contributed by atoms with Crippen LogP contribution in [-0.4, -0.2) is 54.6 Å². The predicted octanol–water partition coefficient (Wildman–Crippen LogP) is 5.34. The number of methoxy groups -OCH3 is 1. The van der Waals surface area contributed by atoms with Crippen molar-refractivity contribution in [3.63, 3.8) is 0 Å². The van der Waals surface area contributed by atoms with Gasteiger partial charge in [0.05, 0.1) is 12.6 Å². The van der Waals surface area contributed by atoms with E-state index in [0.29, 0.717) is 0 Å². The summed E-state index contributed by atoms with van der Waals surface area (Å²) in [5.41, 5.74) is 3.61. The van der Waals surface area contributed by atoms with Crippen LogP contribution in [0.25, 0.3) is 17.0 Å². The van der Waals surface area contributed by atoms with Crippen LogP contribution in [-0.2, 0) is 6.54 Å². The highest BCUT2D eigenvalue weighted by atomic mass is 35.5. The minimum atomic E-state index is 0. The fraction of sp³-hybridized carbons (Fsp3) is 0.292. The van der Waals surface area contributed by atoms with E-state index < -0.39 is 0 Å². The average Bonchev–Trinajstić information content (AvgIpc) is 2.75. The standard InChI is InChI=1S/C24H27N3O.3ClH/c1-28-22-9-10-23-21(11-12-25-24(23)18-22)19-27-16-14-26(15-17-27)13-5-8-20-6-3-2-4-7-20;;;/h2-12,18H,13-17,19H2,1H3;3*1H/b8-5+;;;. The number of hydrogen-bond donors (Lipinski definition) is 0. The van der Waals surface area contributed by atoms with Crippen LogP contribution < -0.4 is 4.74 Å². The molecule has 2 heterocycles. The number of ether oxygens (including phenoxy) is 1. The molecule has 2 aromatic carbocycles. The normalized spacial score (nSPS) is 14.5. The molecule has 4 rings (SSSR count). The summed E-state index contributed by atoms with van der Waals surface area (Å²) in [6, 6.07) is 18.8. The van der Waals surface area contributed by atoms with Gasteiger partial charge in [-0.05, 0) is 29.3 Å². The van der Waals surface area contributed by atoms with E-state index in [2.05, 4.69) is 69.4 Å². The minimum absolute atomic E-state index is 0. The van der Waals surface area contributed by atoms with Gasteiger partial charge in [-0.15, -0.1) is 37.2 Å². The minimum Gasteiger partial charge on any atom is -0.497 e. The molecule has 1 saturated heterocycles. The molecule has 0 aliphatic carbocycles. The van der Waals surface area contributed by atoms with Crippen LogP contribution in [0.3, 0.4) is 0 Å². The van der Waals surface area contributed by atoms with E-state index in [0.717, 1.165) is 50.5 Å². The van der Waals surface area contributed by atoms with Crippen molar-refractivity contribution in [3.8, 4) is 5.75 Å². The molecule has 1 fully saturated rings. The Morgan fingerprint density at radius 3 is 2.32 bits per heavy atom. The van der Waals surface area contributed by atoms with E-state index in [9.17, 15) is 0 Å². The lowest BCUT2D eigenvalue weighted by Crippen LogP contribution is -2.45. The number of pyridine rings is 1. The van der Waals surface area contributed by atoms with Gasteiger partial charge in [0.2, 0.25) is 0 Å². The van der Waals surface area contributed by atoms with Crippen molar-refractivity contribution in [1.29, 1.82) is 0 Å². The van der Waals surface area contributed by atoms with Crippen LogP contribution >= 0.6 is 37.2 Å². The summed E-state index contributed by atoms with van der Waals surface area (Å²) in [6.45, 7) is 6.39. The van der Waals surface area contributed by atoms with Crippen molar-refractivity contribution in [2.24, 2.45) is 0 Å². The summed E-state index contributed by atoms with van der Waals surface area (Å²) in [6.07, 6.45) is 6.39. The predicted molar refractivity (Wildman–Crippen MR) is 137 cm³/mol. The first-order valence-electron chi connectivity index (χ1n) is 9.90. The van der Waals surface area contributed by atoms with Crippen molar-refractivity contribution < 1.29 is 4.74 Å². The zero-order valence-corrected chi connectivity index (χ0v) is 20.1. The van der Waals surface area contributed by atoms with E-state index in [1.54, 1.807) is 7.11 Å². The molecule has 0 bridgehead atoms. The molecular weight excluding hydrogens is 453 g/mol. The molecule has 168 valence electrons. The Bertz CT molecular complexity index is 945. The Kier molecular flexibility index (Phi) is 11.9. The Morgan fingerprint density at radius 1 is 0.903 bits per heavy atom. The molecular formula is C24H30Cl3N3O. The maximum absolute atomic E-state index is 5.32. The lowest BCUT2D eigenvalue weighted by atomic mass is 10.1. The average molecular weight is 483 g/mol. The van der Waals surface area contributed by atoms with Crippen LogP contribution in [0, 0.1) is 0 Å². The summed E-state index contributed by atoms with van der Waals surface area (Å²) in [7, 11) is 1.69. The van der Waals surface area contributed by atoms with Crippen LogP contribution in [0.5, 0.6) is 5.75 Å². The van der Waals surface area contributed by atoms with Gasteiger partial charge in [0.15, 0.2) is 0 Å². The molecule has 0 unspecified atom stereocenters. The van der Waals surface area contributed by atoms with Gasteiger partial charge in [-0.25, -0.2) is 0 Å². The van der Waals surface area contributed by atoms with Gasteiger partial charge >= 0.3 is 0 Å². The van der Waals surface area contributed by atoms with Gasteiger partial charge in [0.1, 0.15) is 5.75 Å². The number of nitrogens with zero attached hydrogens (tertiary/aromatic N) is 3. The topological polar surface area (TPSA) is 28.6 Å². The third-order valence-electron chi connectivity index (χ3n) is 5.37. The summed E-state index contributed by atoms with van der Waals surface area (Å²) in [5, 5.41) is 1.22. The number of halogens is 3. The third kappa shape index (κ3) is 7.37. The molecule has 7 heteroatoms. The van der Waals surface area contributed by atoms with E-state index >= 15 is 0 Å². The van der Waals surface area contributed by atoms with E-state index in [-0.39, 0.29) is 37.2 Å². The monoisotopic (exact) mass is 481 g/mol. The van der Waals surface area contributed by atoms with Crippen LogP contribution in [0.2, 0.25) is 0 Å². The van der Waals surface area contributed by atoms with Crippen LogP contribution in [0.4, 0.5) is 0 Å². The number of benzene rings is 2. The lowest BCUT2D eigenvalue weighted by Gasteiger charge is -2.34. The molecule has 31 heavy (non-hydrogen) atoms. The Hall–Kier alpha value is -1.82. The summed E-state index contributed by atoms with van der Waals surface area (Å²) in [4.78, 5) is 9.56. The highest BCUT2D eigenvalue weighted by Gasteiger charge is 2.17. The summed E-state index contributed by atoms with van der Waals surface area (Å²) in [5.74, 6) is 0.856. The van der Waals surface area contributed by atoms with Crippen molar-refractivity contribution in [2.75, 3.05) is 39.8 Å². The van der Waals surface area contributed by atoms with Gasteiger partial charge in [-0.1, -0.05) is 42.5 Å². The smallest absolute Gasteiger partial charge is 0.121 e. The number of piperazine rings is 1. The van der Waals surface area contributed by atoms with Gasteiger partial charge < -0.3 is 4.74 Å². The second-order valence-corrected chi connectivity index (χ2v) is 7.24. The van der Waals surface area contributed by atoms with E-state index in [1.165, 1.54) is 16.5 Å². The molecule has 0 atom stereocenters. The fourth-order valence-corrected chi connectivity index (χ4v) is 3.72. The number of rotatable bonds is 6. The Labute approximate surface area is 203 Å². The van der Waals surface area contributed by atoms with Crippen LogP contribution in [0.15, 0.2) is 66.9 Å². The van der Waals surface area contributed by atoms with Crippen molar-refractivity contribution in [2.45, 2.75) is 6.54 Å². The second-order valence-electron chi connectivity index (χ2n) is 7.24. The second kappa shape index (κ2) is 13.6. The number of aromatic nitrogens is 1. The molecule has 3 aromatic rings. The Balaban J connectivity index is 0.00000160. The van der Waals surface area contributed by atoms with Gasteiger partial charge in [0.25, 0.3) is 0 Å². The lowest BCUT2D eigenvalue weighted by molar-refractivity contribution is 0.137. The molecule has 1 aliphatic rings. The highest BCUT2D eigenvalue weighted by Crippen LogP contribution is 2.23. The molecule has 1 aliphatic heterocycles. The number of hydrogen-bond acceptors (Lipinski definition) is 4. The van der Waals surface area contributed by atoms with Crippen LogP contribution in [0.1, 0.15) is 11.1 Å². The highest BCUT2D eigenvalue weighted by molar-refractivity contribution is 5.86. The van der Waals surface area contributed by atoms with Gasteiger partial charge in [0, 0.05) is 56.9 Å². The first kappa shape index (κ1) is 27.2. The molecule has 0 amide bonds. The first-order chi connectivity index (χ1) is 13.8. The summed E-state index contributed by atoms with van der Waals surface area (Å²) < 4.78 is 5.32. The SMILES string of the molecule is COc1ccc2c(CN3CCN(C/C=C/c4ccccc4)CC3)ccnc2c1.Cl.Cl.Cl. The number of fused-ring (bicyclic) bond motifs is 1. The zero-order chi connectivity index (χ0) is 19.2. The van der Waals surface area contributed by atoms with Crippen molar-refractivity contribution in [1.82, 2.24) is 14.8 Å². The third-order valence-corrected chi connectivity index (χ3v) is 5.37. The molecule has 0 N–H and O–H groups in total. The first-order valence-corrected chi connectivity index (χ1v) is 9.90. The van der Waals surface area contributed by atoms with Crippen molar-refractivity contribution in [3.05, 3.63) is 78.0 Å². The fourth-order valence-electron chi connectivity index (χ4n) is 3.72. The Morgan fingerprint density at radius 2 is 1.61 bits per heavy atom. The van der Waals surface area contributed by atoms with Gasteiger partial charge in [-0.3, -0.25) is 14.8 Å². The van der Waals surface area contributed by atoms with Gasteiger partial charge in [-0.2, -0.15) is 0 Å². The molecule has 4 nitrogen and oxygen atoms in total. The molecule has 1 aromatic heterocycles. The quantitative estimate of drug-likeness (QED) is 0.474. The molecule has 0 radical (unpaired) electrons. The zero-order valence-electron chi connectivity index (χ0n) is 17.6. The van der Waals surface area contributed by atoms with E-state index in [1.807, 2.05) is 18.3 Å². The maximum Gasteiger partial charge on any atom is 0.121 e. The summed E-state index contributed by atoms with van der Waals surface area (Å²) >= 11 is 0. The van der Waals surface area contributed by atoms with Crippen molar-refractivity contribution >= 4 is 54.2 Å². The largest absolute Gasteiger partial charge is 0.497 e. The van der Waals surface area contributed by atoms with E-state index in [4.69, 9.17) is 4.74 Å².